The molecule has 164 valence electrons. The summed E-state index contributed by atoms with van der Waals surface area (Å²) in [5, 5.41) is 5.27. The highest BCUT2D eigenvalue weighted by Crippen LogP contribution is 2.14. The number of hydrogen-bond donors (Lipinski definition) is 4. The van der Waals surface area contributed by atoms with Gasteiger partial charge in [0.1, 0.15) is 0 Å². The molecule has 2 rings (SSSR count). The summed E-state index contributed by atoms with van der Waals surface area (Å²) in [6.45, 7) is 8.09. The van der Waals surface area contributed by atoms with Crippen LogP contribution in [-0.4, -0.2) is 22.8 Å². The summed E-state index contributed by atoms with van der Waals surface area (Å²) < 4.78 is 0. The molecule has 0 saturated carbocycles. The van der Waals surface area contributed by atoms with Crippen LogP contribution in [0.4, 0.5) is 5.69 Å². The van der Waals surface area contributed by atoms with Crippen molar-refractivity contribution in [3.05, 3.63) is 65.2 Å². The molecule has 0 radical (unpaired) electrons. The smallest absolute Gasteiger partial charge is 0.269 e. The van der Waals surface area contributed by atoms with Crippen LogP contribution < -0.4 is 21.5 Å². The van der Waals surface area contributed by atoms with E-state index in [2.05, 4.69) is 35.3 Å². The molecule has 4 N–H and O–H groups in total. The molecule has 7 nitrogen and oxygen atoms in total. The molecule has 0 saturated heterocycles. The van der Waals surface area contributed by atoms with Crippen LogP contribution in [0.3, 0.4) is 0 Å². The van der Waals surface area contributed by atoms with Gasteiger partial charge in [0.05, 0.1) is 0 Å². The number of hydrogen-bond acceptors (Lipinski definition) is 4. The molecule has 0 atom stereocenters. The Morgan fingerprint density at radius 1 is 0.806 bits per heavy atom. The predicted octanol–water partition coefficient (Wildman–Crippen LogP) is 3.74. The molecule has 0 spiro atoms. The van der Waals surface area contributed by atoms with Crippen molar-refractivity contribution in [2.24, 2.45) is 5.92 Å². The summed E-state index contributed by atoms with van der Waals surface area (Å²) in [6, 6.07) is 13.7. The molecular weight excluding hydrogens is 412 g/mol. The quantitative estimate of drug-likeness (QED) is 0.405. The molecule has 8 heteroatoms. The third kappa shape index (κ3) is 7.82. The summed E-state index contributed by atoms with van der Waals surface area (Å²) in [6.07, 6.45) is 0.428. The second-order valence-corrected chi connectivity index (χ2v) is 8.27. The van der Waals surface area contributed by atoms with Gasteiger partial charge < -0.3 is 5.32 Å². The standard InChI is InChI=1S/C23H28N4O3S/c1-14(2)13-20(28)24-19-11-9-18(10-12-19)22(30)26-27-23(31)25-21(29)17-7-5-16(6-8-17)15(3)4/h5-12,14-15H,13H2,1-4H3,(H,24,28)(H,26,30)(H2,25,27,29,31). The van der Waals surface area contributed by atoms with E-state index in [1.807, 2.05) is 26.0 Å². The molecule has 0 aromatic heterocycles. The summed E-state index contributed by atoms with van der Waals surface area (Å²) in [5.41, 5.74) is 7.53. The van der Waals surface area contributed by atoms with E-state index in [1.54, 1.807) is 36.4 Å². The normalized spacial score (nSPS) is 10.5. The molecule has 2 aromatic rings. The number of amides is 3. The summed E-state index contributed by atoms with van der Waals surface area (Å²) in [7, 11) is 0. The van der Waals surface area contributed by atoms with Crippen LogP contribution in [0.15, 0.2) is 48.5 Å². The highest BCUT2D eigenvalue weighted by Gasteiger charge is 2.11. The first kappa shape index (κ1) is 24.0. The maximum absolute atomic E-state index is 12.3. The number of benzene rings is 2. The Bertz CT molecular complexity index is 938. The fraction of sp³-hybridized carbons (Fsp3) is 0.304. The fourth-order valence-corrected chi connectivity index (χ4v) is 2.84. The molecule has 0 aliphatic rings. The Hall–Kier alpha value is -3.26. The van der Waals surface area contributed by atoms with Gasteiger partial charge in [-0.25, -0.2) is 0 Å². The number of hydrazine groups is 1. The lowest BCUT2D eigenvalue weighted by atomic mass is 10.0. The molecule has 3 amide bonds. The summed E-state index contributed by atoms with van der Waals surface area (Å²) >= 11 is 5.06. The minimum absolute atomic E-state index is 0.0242. The number of anilines is 1. The lowest BCUT2D eigenvalue weighted by Crippen LogP contribution is -2.48. The van der Waals surface area contributed by atoms with Gasteiger partial charge in [-0.2, -0.15) is 0 Å². The van der Waals surface area contributed by atoms with E-state index in [9.17, 15) is 14.4 Å². The fourth-order valence-electron chi connectivity index (χ4n) is 2.70. The van der Waals surface area contributed by atoms with Gasteiger partial charge >= 0.3 is 0 Å². The SMILES string of the molecule is CC(C)CC(=O)Nc1ccc(C(=O)NNC(=S)NC(=O)c2ccc(C(C)C)cc2)cc1. The van der Waals surface area contributed by atoms with Gasteiger partial charge in [-0.1, -0.05) is 39.8 Å². The Morgan fingerprint density at radius 3 is 1.90 bits per heavy atom. The molecule has 0 fully saturated rings. The van der Waals surface area contributed by atoms with Crippen molar-refractivity contribution < 1.29 is 14.4 Å². The molecule has 0 aliphatic carbocycles. The number of thiocarbonyl (C=S) groups is 1. The number of carbonyl (C=O) groups is 3. The number of nitrogens with one attached hydrogen (secondary N) is 4. The Balaban J connectivity index is 1.82. The molecular formula is C23H28N4O3S. The summed E-state index contributed by atoms with van der Waals surface area (Å²) in [4.78, 5) is 36.3. The Labute approximate surface area is 188 Å². The molecule has 0 unspecified atom stereocenters. The van der Waals surface area contributed by atoms with Crippen molar-refractivity contribution in [1.82, 2.24) is 16.2 Å². The topological polar surface area (TPSA) is 99.3 Å². The van der Waals surface area contributed by atoms with Crippen LogP contribution in [-0.2, 0) is 4.79 Å². The lowest BCUT2D eigenvalue weighted by Gasteiger charge is -2.12. The van der Waals surface area contributed by atoms with E-state index in [1.165, 1.54) is 0 Å². The highest BCUT2D eigenvalue weighted by atomic mass is 32.1. The first-order valence-electron chi connectivity index (χ1n) is 10.1. The number of rotatable bonds is 6. The van der Waals surface area contributed by atoms with Crippen LogP contribution in [0.1, 0.15) is 66.3 Å². The predicted molar refractivity (Wildman–Crippen MR) is 126 cm³/mol. The van der Waals surface area contributed by atoms with Gasteiger partial charge in [0.15, 0.2) is 5.11 Å². The first-order chi connectivity index (χ1) is 14.7. The monoisotopic (exact) mass is 440 g/mol. The Morgan fingerprint density at radius 2 is 1.35 bits per heavy atom. The minimum Gasteiger partial charge on any atom is -0.326 e. The Kier molecular flexibility index (Phi) is 8.69. The summed E-state index contributed by atoms with van der Waals surface area (Å²) in [5.74, 6) is -0.240. The van der Waals surface area contributed by atoms with Gasteiger partial charge in [0.25, 0.3) is 11.8 Å². The van der Waals surface area contributed by atoms with Crippen molar-refractivity contribution in [1.29, 1.82) is 0 Å². The minimum atomic E-state index is -0.432. The highest BCUT2D eigenvalue weighted by molar-refractivity contribution is 7.80. The molecule has 31 heavy (non-hydrogen) atoms. The van der Waals surface area contributed by atoms with Crippen molar-refractivity contribution in [3.63, 3.8) is 0 Å². The maximum atomic E-state index is 12.3. The van der Waals surface area contributed by atoms with Crippen LogP contribution in [0.25, 0.3) is 0 Å². The van der Waals surface area contributed by atoms with Gasteiger partial charge in [-0.05, 0) is 66.0 Å². The van der Waals surface area contributed by atoms with Gasteiger partial charge in [-0.15, -0.1) is 0 Å². The van der Waals surface area contributed by atoms with Crippen molar-refractivity contribution >= 4 is 40.7 Å². The average Bonchev–Trinajstić information content (AvgIpc) is 2.72. The molecule has 0 aliphatic heterocycles. The first-order valence-corrected chi connectivity index (χ1v) is 10.5. The third-order valence-electron chi connectivity index (χ3n) is 4.38. The zero-order chi connectivity index (χ0) is 23.0. The van der Waals surface area contributed by atoms with E-state index in [0.29, 0.717) is 29.2 Å². The van der Waals surface area contributed by atoms with Crippen molar-refractivity contribution in [2.45, 2.75) is 40.0 Å². The van der Waals surface area contributed by atoms with Crippen LogP contribution in [0, 0.1) is 5.92 Å². The molecule has 2 aromatic carbocycles. The van der Waals surface area contributed by atoms with Crippen LogP contribution in [0.5, 0.6) is 0 Å². The lowest BCUT2D eigenvalue weighted by molar-refractivity contribution is -0.116. The van der Waals surface area contributed by atoms with Gasteiger partial charge in [0, 0.05) is 23.2 Å². The molecule has 0 bridgehead atoms. The zero-order valence-corrected chi connectivity index (χ0v) is 18.9. The zero-order valence-electron chi connectivity index (χ0n) is 18.1. The second-order valence-electron chi connectivity index (χ2n) is 7.86. The molecule has 0 heterocycles. The number of carbonyl (C=O) groups excluding carboxylic acids is 3. The average molecular weight is 441 g/mol. The van der Waals surface area contributed by atoms with E-state index in [0.717, 1.165) is 5.56 Å². The van der Waals surface area contributed by atoms with E-state index in [-0.39, 0.29) is 22.8 Å². The van der Waals surface area contributed by atoms with Gasteiger partial charge in [0.2, 0.25) is 5.91 Å². The van der Waals surface area contributed by atoms with Crippen molar-refractivity contribution in [3.8, 4) is 0 Å². The van der Waals surface area contributed by atoms with Crippen LogP contribution in [0.2, 0.25) is 0 Å². The largest absolute Gasteiger partial charge is 0.326 e. The van der Waals surface area contributed by atoms with E-state index < -0.39 is 5.91 Å². The maximum Gasteiger partial charge on any atom is 0.269 e. The second kappa shape index (κ2) is 11.2. The third-order valence-corrected chi connectivity index (χ3v) is 4.58. The van der Waals surface area contributed by atoms with E-state index >= 15 is 0 Å². The van der Waals surface area contributed by atoms with Crippen molar-refractivity contribution in [2.75, 3.05) is 5.32 Å². The van der Waals surface area contributed by atoms with Gasteiger partial charge in [-0.3, -0.25) is 30.6 Å². The van der Waals surface area contributed by atoms with Crippen LogP contribution >= 0.6 is 12.2 Å². The van der Waals surface area contributed by atoms with E-state index in [4.69, 9.17) is 12.2 Å².